The Kier molecular flexibility index (Phi) is 6.48. The maximum atomic E-state index is 12.9. The zero-order chi connectivity index (χ0) is 21.2. The summed E-state index contributed by atoms with van der Waals surface area (Å²) in [7, 11) is -2.43. The summed E-state index contributed by atoms with van der Waals surface area (Å²) in [6.07, 6.45) is 6.34. The molecule has 160 valence electrons. The van der Waals surface area contributed by atoms with Crippen LogP contribution >= 0.6 is 0 Å². The van der Waals surface area contributed by atoms with E-state index in [0.29, 0.717) is 5.52 Å². The Balaban J connectivity index is 1.79. The summed E-state index contributed by atoms with van der Waals surface area (Å²) >= 11 is 0. The molecule has 1 aliphatic rings. The second kappa shape index (κ2) is 8.71. The van der Waals surface area contributed by atoms with Gasteiger partial charge in [-0.25, -0.2) is 13.2 Å². The minimum absolute atomic E-state index is 0.0488. The van der Waals surface area contributed by atoms with Crippen LogP contribution in [0, 0.1) is 5.92 Å². The van der Waals surface area contributed by atoms with E-state index in [-0.39, 0.29) is 28.3 Å². The molecule has 1 aromatic carbocycles. The van der Waals surface area contributed by atoms with Gasteiger partial charge in [-0.3, -0.25) is 9.36 Å². The molecule has 0 spiro atoms. The van der Waals surface area contributed by atoms with Crippen molar-refractivity contribution >= 4 is 27.0 Å². The summed E-state index contributed by atoms with van der Waals surface area (Å²) in [5.41, 5.74) is 0.685. The molecule has 1 aromatic heterocycles. The molecular formula is C20H29N3O5S. The number of aryl methyl sites for hydroxylation is 1. The number of sulfonamides is 1. The highest BCUT2D eigenvalue weighted by Crippen LogP contribution is 2.20. The van der Waals surface area contributed by atoms with Gasteiger partial charge >= 0.3 is 5.76 Å². The predicted octanol–water partition coefficient (Wildman–Crippen LogP) is 2.27. The molecule has 1 heterocycles. The minimum atomic E-state index is -3.97. The summed E-state index contributed by atoms with van der Waals surface area (Å²) in [6.45, 7) is 3.61. The van der Waals surface area contributed by atoms with Crippen molar-refractivity contribution in [2.24, 2.45) is 13.0 Å². The third-order valence-corrected chi connectivity index (χ3v) is 6.95. The molecule has 29 heavy (non-hydrogen) atoms. The fourth-order valence-electron chi connectivity index (χ4n) is 3.72. The van der Waals surface area contributed by atoms with Crippen LogP contribution in [0.4, 0.5) is 0 Å². The van der Waals surface area contributed by atoms with E-state index in [4.69, 9.17) is 4.42 Å². The number of aromatic nitrogens is 1. The summed E-state index contributed by atoms with van der Waals surface area (Å²) in [5.74, 6) is -1.10. The number of oxazole rings is 1. The number of rotatable bonds is 6. The van der Waals surface area contributed by atoms with Crippen LogP contribution < -0.4 is 15.8 Å². The smallest absolute Gasteiger partial charge is 0.408 e. The van der Waals surface area contributed by atoms with Crippen molar-refractivity contribution in [2.75, 3.05) is 0 Å². The first kappa shape index (κ1) is 21.6. The Bertz CT molecular complexity index is 1030. The lowest BCUT2D eigenvalue weighted by Gasteiger charge is -2.25. The zero-order valence-corrected chi connectivity index (χ0v) is 17.9. The van der Waals surface area contributed by atoms with Gasteiger partial charge in [0.2, 0.25) is 15.9 Å². The van der Waals surface area contributed by atoms with Crippen molar-refractivity contribution in [3.63, 3.8) is 0 Å². The van der Waals surface area contributed by atoms with Crippen molar-refractivity contribution in [1.29, 1.82) is 0 Å². The molecular weight excluding hydrogens is 394 g/mol. The largest absolute Gasteiger partial charge is 0.419 e. The zero-order valence-electron chi connectivity index (χ0n) is 17.1. The molecule has 0 bridgehead atoms. The van der Waals surface area contributed by atoms with Gasteiger partial charge in [-0.1, -0.05) is 39.5 Å². The highest BCUT2D eigenvalue weighted by Gasteiger charge is 2.30. The monoisotopic (exact) mass is 423 g/mol. The average Bonchev–Trinajstić information content (AvgIpc) is 2.83. The molecule has 1 fully saturated rings. The van der Waals surface area contributed by atoms with Gasteiger partial charge in [0.1, 0.15) is 6.04 Å². The molecule has 2 N–H and O–H groups in total. The molecule has 2 aromatic rings. The highest BCUT2D eigenvalue weighted by molar-refractivity contribution is 7.89. The Labute approximate surface area is 170 Å². The van der Waals surface area contributed by atoms with Gasteiger partial charge in [-0.15, -0.1) is 0 Å². The Morgan fingerprint density at radius 2 is 1.83 bits per heavy atom. The second-order valence-electron chi connectivity index (χ2n) is 8.10. The third kappa shape index (κ3) is 4.90. The summed E-state index contributed by atoms with van der Waals surface area (Å²) in [5, 5.41) is 3.03. The van der Waals surface area contributed by atoms with Gasteiger partial charge in [0.05, 0.1) is 10.4 Å². The number of fused-ring (bicyclic) bond motifs is 1. The maximum Gasteiger partial charge on any atom is 0.419 e. The predicted molar refractivity (Wildman–Crippen MR) is 110 cm³/mol. The number of nitrogens with zero attached hydrogens (tertiary/aromatic N) is 1. The van der Waals surface area contributed by atoms with Crippen LogP contribution in [0.15, 0.2) is 32.3 Å². The molecule has 0 unspecified atom stereocenters. The third-order valence-electron chi connectivity index (χ3n) is 5.51. The normalized spacial score (nSPS) is 17.4. The molecule has 9 heteroatoms. The van der Waals surface area contributed by atoms with Gasteiger partial charge in [-0.05, 0) is 30.9 Å². The molecule has 8 nitrogen and oxygen atoms in total. The second-order valence-corrected chi connectivity index (χ2v) is 9.81. The number of hydrogen-bond acceptors (Lipinski definition) is 5. The van der Waals surface area contributed by atoms with E-state index < -0.39 is 21.8 Å². The quantitative estimate of drug-likeness (QED) is 0.693. The number of carbonyl (C=O) groups is 1. The minimum Gasteiger partial charge on any atom is -0.408 e. The first-order chi connectivity index (χ1) is 13.7. The first-order valence-corrected chi connectivity index (χ1v) is 11.6. The average molecular weight is 424 g/mol. The van der Waals surface area contributed by atoms with E-state index >= 15 is 0 Å². The lowest BCUT2D eigenvalue weighted by molar-refractivity contribution is -0.124. The molecule has 1 saturated carbocycles. The number of carbonyl (C=O) groups excluding carboxylic acids is 1. The fourth-order valence-corrected chi connectivity index (χ4v) is 5.08. The summed E-state index contributed by atoms with van der Waals surface area (Å²) in [6, 6.07) is 3.43. The van der Waals surface area contributed by atoms with Gasteiger partial charge in [0.15, 0.2) is 5.58 Å². The van der Waals surface area contributed by atoms with Crippen molar-refractivity contribution in [3.05, 3.63) is 28.7 Å². The van der Waals surface area contributed by atoms with E-state index in [1.54, 1.807) is 20.9 Å². The first-order valence-electron chi connectivity index (χ1n) is 10.1. The van der Waals surface area contributed by atoms with E-state index in [0.717, 1.165) is 25.7 Å². The molecule has 1 atom stereocenters. The van der Waals surface area contributed by atoms with Crippen LogP contribution in [0.2, 0.25) is 0 Å². The summed E-state index contributed by atoms with van der Waals surface area (Å²) < 4.78 is 34.8. The number of nitrogens with one attached hydrogen (secondary N) is 2. The fraction of sp³-hybridized carbons (Fsp3) is 0.600. The van der Waals surface area contributed by atoms with Gasteiger partial charge in [-0.2, -0.15) is 4.72 Å². The van der Waals surface area contributed by atoms with Crippen LogP contribution in [0.25, 0.3) is 11.1 Å². The number of hydrogen-bond donors (Lipinski definition) is 2. The van der Waals surface area contributed by atoms with Gasteiger partial charge < -0.3 is 9.73 Å². The topological polar surface area (TPSA) is 110 Å². The van der Waals surface area contributed by atoms with Crippen LogP contribution in [0.3, 0.4) is 0 Å². The number of benzene rings is 1. The Hall–Kier alpha value is -2.13. The van der Waals surface area contributed by atoms with Crippen molar-refractivity contribution in [3.8, 4) is 0 Å². The van der Waals surface area contributed by atoms with Crippen molar-refractivity contribution in [1.82, 2.24) is 14.6 Å². The van der Waals surface area contributed by atoms with E-state index in [2.05, 4.69) is 10.0 Å². The molecule has 3 rings (SSSR count). The number of amides is 1. The van der Waals surface area contributed by atoms with E-state index in [1.807, 2.05) is 0 Å². The van der Waals surface area contributed by atoms with Crippen LogP contribution in [-0.4, -0.2) is 31.0 Å². The molecule has 0 aliphatic heterocycles. The molecule has 1 amide bonds. The van der Waals surface area contributed by atoms with Crippen LogP contribution in [0.5, 0.6) is 0 Å². The summed E-state index contributed by atoms with van der Waals surface area (Å²) in [4.78, 5) is 24.4. The highest BCUT2D eigenvalue weighted by atomic mass is 32.2. The Morgan fingerprint density at radius 3 is 2.45 bits per heavy atom. The lowest BCUT2D eigenvalue weighted by atomic mass is 10.0. The Morgan fingerprint density at radius 1 is 1.17 bits per heavy atom. The van der Waals surface area contributed by atoms with Crippen LogP contribution in [0.1, 0.15) is 52.4 Å². The van der Waals surface area contributed by atoms with Gasteiger partial charge in [0.25, 0.3) is 0 Å². The maximum absolute atomic E-state index is 12.9. The van der Waals surface area contributed by atoms with E-state index in [9.17, 15) is 18.0 Å². The SMILES string of the molecule is CC(C)[C@H](NS(=O)(=O)c1ccc2c(c1)oc(=O)n2C)C(=O)NC1CCCCCC1. The standard InChI is InChI=1S/C20H29N3O5S/c1-13(2)18(19(24)21-14-8-6-4-5-7-9-14)22-29(26,27)15-10-11-16-17(12-15)28-20(25)23(16)3/h10-14,18,22H,4-9H2,1-3H3,(H,21,24)/t18-/m0/s1. The van der Waals surface area contributed by atoms with Crippen molar-refractivity contribution < 1.29 is 17.6 Å². The van der Waals surface area contributed by atoms with Gasteiger partial charge in [0, 0.05) is 19.2 Å². The van der Waals surface area contributed by atoms with Crippen molar-refractivity contribution in [2.45, 2.75) is 69.4 Å². The van der Waals surface area contributed by atoms with E-state index in [1.165, 1.54) is 35.6 Å². The molecule has 0 radical (unpaired) electrons. The molecule has 1 aliphatic carbocycles. The lowest BCUT2D eigenvalue weighted by Crippen LogP contribution is -2.51. The molecule has 0 saturated heterocycles. The van der Waals surface area contributed by atoms with Crippen LogP contribution in [-0.2, 0) is 21.9 Å².